The monoisotopic (exact) mass is 357 g/mol. The molecular weight excluding hydrogens is 334 g/mol. The van der Waals surface area contributed by atoms with Gasteiger partial charge in [0.05, 0.1) is 33.1 Å². The first-order chi connectivity index (χ1) is 12.4. The van der Waals surface area contributed by atoms with Gasteiger partial charge in [0.25, 0.3) is 0 Å². The van der Waals surface area contributed by atoms with Crippen LogP contribution in [0.25, 0.3) is 0 Å². The Hall–Kier alpha value is -3.02. The number of carbonyl (C=O) groups is 2. The number of rotatable bonds is 8. The molecule has 1 unspecified atom stereocenters. The van der Waals surface area contributed by atoms with Gasteiger partial charge < -0.3 is 19.9 Å². The van der Waals surface area contributed by atoms with Crippen molar-refractivity contribution in [2.45, 2.75) is 25.8 Å². The Labute approximate surface area is 152 Å². The lowest BCUT2D eigenvalue weighted by Gasteiger charge is -2.19. The Morgan fingerprint density at radius 3 is 2.38 bits per heavy atom. The van der Waals surface area contributed by atoms with Gasteiger partial charge in [0.15, 0.2) is 11.5 Å². The summed E-state index contributed by atoms with van der Waals surface area (Å²) >= 11 is 0. The molecule has 2 aromatic rings. The summed E-state index contributed by atoms with van der Waals surface area (Å²) in [5.41, 5.74) is 2.49. The summed E-state index contributed by atoms with van der Waals surface area (Å²) < 4.78 is 10.4. The summed E-state index contributed by atoms with van der Waals surface area (Å²) in [6, 6.07) is 12.1. The molecule has 1 amide bonds. The number of benzene rings is 2. The number of hydrogen-bond donors (Lipinski definition) is 2. The normalized spacial score (nSPS) is 11.5. The Morgan fingerprint density at radius 2 is 1.77 bits per heavy atom. The van der Waals surface area contributed by atoms with Crippen LogP contribution in [0.4, 0.5) is 0 Å². The quantitative estimate of drug-likeness (QED) is 0.759. The lowest BCUT2D eigenvalue weighted by Crippen LogP contribution is -2.31. The van der Waals surface area contributed by atoms with Crippen LogP contribution in [-0.2, 0) is 16.0 Å². The predicted octanol–water partition coefficient (Wildman–Crippen LogP) is 2.89. The van der Waals surface area contributed by atoms with Gasteiger partial charge in [0, 0.05) is 0 Å². The zero-order valence-corrected chi connectivity index (χ0v) is 15.1. The molecule has 0 radical (unpaired) electrons. The van der Waals surface area contributed by atoms with Crippen molar-refractivity contribution in [3.63, 3.8) is 0 Å². The van der Waals surface area contributed by atoms with Gasteiger partial charge in [-0.25, -0.2) is 0 Å². The number of aliphatic carboxylic acids is 1. The number of carboxylic acid groups (broad SMARTS) is 1. The van der Waals surface area contributed by atoms with E-state index in [9.17, 15) is 14.7 Å². The molecule has 26 heavy (non-hydrogen) atoms. The summed E-state index contributed by atoms with van der Waals surface area (Å²) in [6.07, 6.45) is -0.0646. The van der Waals surface area contributed by atoms with Gasteiger partial charge in [-0.1, -0.05) is 30.3 Å². The van der Waals surface area contributed by atoms with Crippen LogP contribution in [0.5, 0.6) is 11.5 Å². The van der Waals surface area contributed by atoms with Crippen molar-refractivity contribution < 1.29 is 24.2 Å². The fraction of sp³-hybridized carbons (Fsp3) is 0.300. The van der Waals surface area contributed by atoms with Crippen molar-refractivity contribution in [3.8, 4) is 11.5 Å². The van der Waals surface area contributed by atoms with E-state index in [1.807, 2.05) is 31.2 Å². The van der Waals surface area contributed by atoms with Crippen LogP contribution in [0.15, 0.2) is 42.5 Å². The van der Waals surface area contributed by atoms with Gasteiger partial charge >= 0.3 is 5.97 Å². The Balaban J connectivity index is 2.15. The molecule has 2 rings (SSSR count). The smallest absolute Gasteiger partial charge is 0.305 e. The van der Waals surface area contributed by atoms with E-state index < -0.39 is 12.0 Å². The highest BCUT2D eigenvalue weighted by molar-refractivity contribution is 5.80. The van der Waals surface area contributed by atoms with Gasteiger partial charge in [-0.2, -0.15) is 0 Å². The maximum Gasteiger partial charge on any atom is 0.305 e. The van der Waals surface area contributed by atoms with E-state index in [0.717, 1.165) is 16.7 Å². The van der Waals surface area contributed by atoms with Crippen LogP contribution in [-0.4, -0.2) is 31.2 Å². The molecule has 0 bridgehead atoms. The highest BCUT2D eigenvalue weighted by Gasteiger charge is 2.20. The first-order valence-electron chi connectivity index (χ1n) is 8.22. The van der Waals surface area contributed by atoms with Gasteiger partial charge in [0.1, 0.15) is 0 Å². The number of carbonyl (C=O) groups excluding carboxylic acids is 1. The SMILES string of the molecule is COc1ccc(CC(=O)NC(CC(=O)O)c2ccccc2C)cc1OC. The Morgan fingerprint density at radius 1 is 1.08 bits per heavy atom. The van der Waals surface area contributed by atoms with E-state index in [2.05, 4.69) is 5.32 Å². The molecule has 0 spiro atoms. The van der Waals surface area contributed by atoms with Crippen LogP contribution >= 0.6 is 0 Å². The number of hydrogen-bond acceptors (Lipinski definition) is 4. The van der Waals surface area contributed by atoms with Crippen molar-refractivity contribution in [2.24, 2.45) is 0 Å². The summed E-state index contributed by atoms with van der Waals surface area (Å²) in [6.45, 7) is 1.89. The fourth-order valence-corrected chi connectivity index (χ4v) is 2.81. The second-order valence-electron chi connectivity index (χ2n) is 5.94. The topological polar surface area (TPSA) is 84.9 Å². The standard InChI is InChI=1S/C20H23NO5/c1-13-6-4-5-7-15(13)16(12-20(23)24)21-19(22)11-14-8-9-17(25-2)18(10-14)26-3/h4-10,16H,11-12H2,1-3H3,(H,21,22)(H,23,24). The number of aryl methyl sites for hydroxylation is 1. The largest absolute Gasteiger partial charge is 0.493 e. The fourth-order valence-electron chi connectivity index (χ4n) is 2.81. The number of methoxy groups -OCH3 is 2. The van der Waals surface area contributed by atoms with Crippen LogP contribution in [0.1, 0.15) is 29.2 Å². The molecule has 0 aliphatic rings. The molecule has 0 aromatic heterocycles. The van der Waals surface area contributed by atoms with Gasteiger partial charge in [0.2, 0.25) is 5.91 Å². The minimum atomic E-state index is -0.968. The zero-order valence-electron chi connectivity index (χ0n) is 15.1. The van der Waals surface area contributed by atoms with Gasteiger partial charge in [-0.15, -0.1) is 0 Å². The summed E-state index contributed by atoms with van der Waals surface area (Å²) in [4.78, 5) is 23.7. The van der Waals surface area contributed by atoms with Gasteiger partial charge in [-0.3, -0.25) is 9.59 Å². The predicted molar refractivity (Wildman–Crippen MR) is 97.6 cm³/mol. The lowest BCUT2D eigenvalue weighted by molar-refractivity contribution is -0.137. The molecule has 0 fully saturated rings. The van der Waals surface area contributed by atoms with Crippen LogP contribution < -0.4 is 14.8 Å². The van der Waals surface area contributed by atoms with Crippen LogP contribution in [0.2, 0.25) is 0 Å². The number of ether oxygens (including phenoxy) is 2. The molecular formula is C20H23NO5. The second-order valence-corrected chi connectivity index (χ2v) is 5.94. The molecule has 138 valence electrons. The van der Waals surface area contributed by atoms with Crippen molar-refractivity contribution in [2.75, 3.05) is 14.2 Å². The number of carboxylic acids is 1. The summed E-state index contributed by atoms with van der Waals surface area (Å²) in [5, 5.41) is 12.0. The Bertz CT molecular complexity index is 788. The average molecular weight is 357 g/mol. The Kier molecular flexibility index (Phi) is 6.60. The van der Waals surface area contributed by atoms with E-state index in [0.29, 0.717) is 11.5 Å². The lowest BCUT2D eigenvalue weighted by atomic mass is 9.98. The van der Waals surface area contributed by atoms with Crippen molar-refractivity contribution in [1.82, 2.24) is 5.32 Å². The highest BCUT2D eigenvalue weighted by Crippen LogP contribution is 2.28. The maximum atomic E-state index is 12.5. The first kappa shape index (κ1) is 19.3. The van der Waals surface area contributed by atoms with E-state index in [1.54, 1.807) is 25.3 Å². The minimum Gasteiger partial charge on any atom is -0.493 e. The highest BCUT2D eigenvalue weighted by atomic mass is 16.5. The molecule has 1 atom stereocenters. The maximum absolute atomic E-state index is 12.5. The molecule has 0 aliphatic heterocycles. The first-order valence-corrected chi connectivity index (χ1v) is 8.22. The van der Waals surface area contributed by atoms with Crippen molar-refractivity contribution in [3.05, 3.63) is 59.2 Å². The van der Waals surface area contributed by atoms with E-state index in [1.165, 1.54) is 7.11 Å². The van der Waals surface area contributed by atoms with E-state index >= 15 is 0 Å². The zero-order chi connectivity index (χ0) is 19.1. The molecule has 0 heterocycles. The third-order valence-corrected chi connectivity index (χ3v) is 4.09. The summed E-state index contributed by atoms with van der Waals surface area (Å²) in [7, 11) is 3.08. The minimum absolute atomic E-state index is 0.113. The molecule has 6 heteroatoms. The second kappa shape index (κ2) is 8.89. The average Bonchev–Trinajstić information content (AvgIpc) is 2.61. The molecule has 0 saturated heterocycles. The third kappa shape index (κ3) is 4.99. The van der Waals surface area contributed by atoms with Gasteiger partial charge in [-0.05, 0) is 35.7 Å². The van der Waals surface area contributed by atoms with E-state index in [4.69, 9.17) is 9.47 Å². The summed E-state index contributed by atoms with van der Waals surface area (Å²) in [5.74, 6) is -0.101. The van der Waals surface area contributed by atoms with E-state index in [-0.39, 0.29) is 18.7 Å². The molecule has 6 nitrogen and oxygen atoms in total. The molecule has 2 aromatic carbocycles. The molecule has 0 aliphatic carbocycles. The number of nitrogens with one attached hydrogen (secondary N) is 1. The van der Waals surface area contributed by atoms with Crippen LogP contribution in [0, 0.1) is 6.92 Å². The van der Waals surface area contributed by atoms with Crippen molar-refractivity contribution in [1.29, 1.82) is 0 Å². The third-order valence-electron chi connectivity index (χ3n) is 4.09. The van der Waals surface area contributed by atoms with Crippen LogP contribution in [0.3, 0.4) is 0 Å². The molecule has 0 saturated carbocycles. The number of amides is 1. The molecule has 2 N–H and O–H groups in total. The van der Waals surface area contributed by atoms with Crippen molar-refractivity contribution >= 4 is 11.9 Å².